The number of nitrogens with zero attached hydrogens (tertiary/aromatic N) is 5. The first-order valence-electron chi connectivity index (χ1n) is 13.8. The Morgan fingerprint density at radius 2 is 2.13 bits per heavy atom. The molecule has 4 aliphatic heterocycles. The zero-order chi connectivity index (χ0) is 26.3. The molecule has 3 aromatic rings. The summed E-state index contributed by atoms with van der Waals surface area (Å²) in [5, 5.41) is 15.2. The first-order chi connectivity index (χ1) is 18.9. The maximum Gasteiger partial charge on any atom is 0.261 e. The van der Waals surface area contributed by atoms with Crippen molar-refractivity contribution in [3.63, 3.8) is 0 Å². The summed E-state index contributed by atoms with van der Waals surface area (Å²) in [6.45, 7) is 2.18. The number of amides is 1. The molecule has 5 aliphatic rings. The Hall–Kier alpha value is -3.44. The van der Waals surface area contributed by atoms with E-state index in [0.29, 0.717) is 61.9 Å². The number of ether oxygens (including phenoxy) is 1. The van der Waals surface area contributed by atoms with Crippen molar-refractivity contribution in [2.75, 3.05) is 31.6 Å². The van der Waals surface area contributed by atoms with Crippen LogP contribution < -0.4 is 10.6 Å². The number of hydrogen-bond acceptors (Lipinski definition) is 7. The molecule has 0 bridgehead atoms. The fraction of sp³-hybridized carbons (Fsp3) is 0.500. The number of likely N-dealkylation sites (tertiary alicyclic amines) is 1. The molecular formula is C28H29F2N7O2. The molecule has 3 atom stereocenters. The molecule has 11 heteroatoms. The Bertz CT molecular complexity index is 1500. The second-order valence-corrected chi connectivity index (χ2v) is 11.5. The Morgan fingerprint density at radius 1 is 1.21 bits per heavy atom. The fourth-order valence-electron chi connectivity index (χ4n) is 6.81. The van der Waals surface area contributed by atoms with Crippen LogP contribution >= 0.6 is 0 Å². The number of hydrogen-bond donors (Lipinski definition) is 2. The van der Waals surface area contributed by atoms with E-state index in [9.17, 15) is 13.6 Å². The smallest absolute Gasteiger partial charge is 0.261 e. The van der Waals surface area contributed by atoms with Crippen molar-refractivity contribution in [2.24, 2.45) is 5.92 Å². The molecule has 2 saturated heterocycles. The summed E-state index contributed by atoms with van der Waals surface area (Å²) in [5.74, 6) is 0.521. The van der Waals surface area contributed by atoms with E-state index in [0.717, 1.165) is 46.9 Å². The lowest BCUT2D eigenvalue weighted by molar-refractivity contribution is 0.0113. The zero-order valence-electron chi connectivity index (χ0n) is 21.4. The highest BCUT2D eigenvalue weighted by atomic mass is 19.3. The van der Waals surface area contributed by atoms with Crippen molar-refractivity contribution < 1.29 is 18.3 Å². The SMILES string of the molecule is O=C1NCc2c(-c3nnc4n3C3CC3C4)ccc(Nc3ccc(C4CCOC4)c(CN4CCC(F)(F)C4)n3)c21. The summed E-state index contributed by atoms with van der Waals surface area (Å²) in [5.41, 5.74) is 4.92. The molecule has 2 N–H and O–H groups in total. The number of pyridine rings is 1. The second-order valence-electron chi connectivity index (χ2n) is 11.5. The van der Waals surface area contributed by atoms with Gasteiger partial charge in [0, 0.05) is 56.6 Å². The number of benzene rings is 1. The minimum Gasteiger partial charge on any atom is -0.381 e. The third-order valence-corrected chi connectivity index (χ3v) is 8.90. The average Bonchev–Trinajstić information content (AvgIpc) is 3.48. The average molecular weight is 534 g/mol. The molecule has 1 aliphatic carbocycles. The number of fused-ring (bicyclic) bond motifs is 4. The predicted octanol–water partition coefficient (Wildman–Crippen LogP) is 3.79. The van der Waals surface area contributed by atoms with Crippen molar-refractivity contribution in [3.8, 4) is 11.4 Å². The van der Waals surface area contributed by atoms with Crippen LogP contribution in [0.5, 0.6) is 0 Å². The maximum absolute atomic E-state index is 13.9. The highest BCUT2D eigenvalue weighted by Crippen LogP contribution is 2.53. The first-order valence-corrected chi connectivity index (χ1v) is 13.8. The van der Waals surface area contributed by atoms with Crippen molar-refractivity contribution >= 4 is 17.4 Å². The summed E-state index contributed by atoms with van der Waals surface area (Å²) in [4.78, 5) is 19.7. The van der Waals surface area contributed by atoms with E-state index in [1.165, 1.54) is 6.42 Å². The molecule has 3 fully saturated rings. The monoisotopic (exact) mass is 533 g/mol. The molecule has 0 spiro atoms. The van der Waals surface area contributed by atoms with Crippen molar-refractivity contribution in [2.45, 2.75) is 56.7 Å². The number of rotatable bonds is 6. The lowest BCUT2D eigenvalue weighted by Gasteiger charge is -2.21. The van der Waals surface area contributed by atoms with E-state index in [1.54, 1.807) is 4.90 Å². The topological polar surface area (TPSA) is 97.2 Å². The fourth-order valence-corrected chi connectivity index (χ4v) is 6.81. The maximum atomic E-state index is 13.9. The normalized spacial score (nSPS) is 26.4. The predicted molar refractivity (Wildman–Crippen MR) is 138 cm³/mol. The molecule has 8 rings (SSSR count). The summed E-state index contributed by atoms with van der Waals surface area (Å²) in [7, 11) is 0. The molecule has 1 saturated carbocycles. The third-order valence-electron chi connectivity index (χ3n) is 8.90. The number of nitrogens with one attached hydrogen (secondary N) is 2. The van der Waals surface area contributed by atoms with E-state index in [1.807, 2.05) is 24.3 Å². The lowest BCUT2D eigenvalue weighted by atomic mass is 9.96. The van der Waals surface area contributed by atoms with Gasteiger partial charge in [0.15, 0.2) is 5.82 Å². The van der Waals surface area contributed by atoms with E-state index in [2.05, 4.69) is 25.4 Å². The van der Waals surface area contributed by atoms with Gasteiger partial charge in [0.2, 0.25) is 0 Å². The molecule has 3 unspecified atom stereocenters. The van der Waals surface area contributed by atoms with Gasteiger partial charge in [-0.05, 0) is 48.1 Å². The Labute approximate surface area is 224 Å². The molecule has 2 aromatic heterocycles. The molecule has 39 heavy (non-hydrogen) atoms. The van der Waals surface area contributed by atoms with Crippen LogP contribution in [0.3, 0.4) is 0 Å². The first kappa shape index (κ1) is 23.4. The largest absolute Gasteiger partial charge is 0.381 e. The van der Waals surface area contributed by atoms with Crippen molar-refractivity contribution in [1.29, 1.82) is 0 Å². The number of halogens is 2. The molecule has 9 nitrogen and oxygen atoms in total. The summed E-state index contributed by atoms with van der Waals surface area (Å²) in [6.07, 6.45) is 2.91. The van der Waals surface area contributed by atoms with Gasteiger partial charge >= 0.3 is 0 Å². The molecule has 0 radical (unpaired) electrons. The molecule has 1 amide bonds. The Morgan fingerprint density at radius 3 is 2.95 bits per heavy atom. The van der Waals surface area contributed by atoms with Gasteiger partial charge in [-0.15, -0.1) is 10.2 Å². The van der Waals surface area contributed by atoms with Crippen LogP contribution in [-0.2, 0) is 24.2 Å². The molecule has 1 aromatic carbocycles. The van der Waals surface area contributed by atoms with E-state index in [-0.39, 0.29) is 24.8 Å². The van der Waals surface area contributed by atoms with Crippen LogP contribution in [0.25, 0.3) is 11.4 Å². The Kier molecular flexibility index (Phi) is 5.13. The van der Waals surface area contributed by atoms with Crippen molar-refractivity contribution in [3.05, 3.63) is 52.5 Å². The van der Waals surface area contributed by atoms with Gasteiger partial charge in [0.1, 0.15) is 11.6 Å². The minimum absolute atomic E-state index is 0.128. The van der Waals surface area contributed by atoms with E-state index >= 15 is 0 Å². The van der Waals surface area contributed by atoms with Gasteiger partial charge < -0.3 is 19.9 Å². The summed E-state index contributed by atoms with van der Waals surface area (Å²) < 4.78 is 35.7. The summed E-state index contributed by atoms with van der Waals surface area (Å²) >= 11 is 0. The van der Waals surface area contributed by atoms with Gasteiger partial charge in [-0.25, -0.2) is 13.8 Å². The van der Waals surface area contributed by atoms with E-state index < -0.39 is 5.92 Å². The standard InChI is InChI=1S/C28H29F2N7O2/c29-28(30)6-7-36(14-28)12-21-17(15-5-8-39-13-15)2-4-23(33-21)32-20-3-1-18(19-11-31-27(38)25(19)20)26-35-34-24-10-16-9-22(16)37(24)26/h1-4,15-16,22H,5-14H2,(H,31,38)(H,32,33). The number of anilines is 2. The van der Waals surface area contributed by atoms with Crippen LogP contribution in [0.15, 0.2) is 24.3 Å². The van der Waals surface area contributed by atoms with Gasteiger partial charge in [0.05, 0.1) is 30.1 Å². The highest BCUT2D eigenvalue weighted by molar-refractivity contribution is 6.05. The van der Waals surface area contributed by atoms with Gasteiger partial charge in [-0.3, -0.25) is 9.69 Å². The van der Waals surface area contributed by atoms with Gasteiger partial charge in [0.25, 0.3) is 11.8 Å². The van der Waals surface area contributed by atoms with E-state index in [4.69, 9.17) is 9.72 Å². The Balaban J connectivity index is 1.13. The van der Waals surface area contributed by atoms with Crippen LogP contribution in [0.4, 0.5) is 20.3 Å². The quantitative estimate of drug-likeness (QED) is 0.498. The number of carbonyl (C=O) groups excluding carboxylic acids is 1. The van der Waals surface area contributed by atoms with Crippen LogP contribution in [-0.4, -0.2) is 62.8 Å². The second kappa shape index (κ2) is 8.53. The number of alkyl halides is 2. The van der Waals surface area contributed by atoms with Crippen LogP contribution in [0, 0.1) is 5.92 Å². The summed E-state index contributed by atoms with van der Waals surface area (Å²) in [6, 6.07) is 8.32. The lowest BCUT2D eigenvalue weighted by Crippen LogP contribution is -2.26. The molecule has 6 heterocycles. The van der Waals surface area contributed by atoms with Gasteiger partial charge in [-0.2, -0.15) is 0 Å². The van der Waals surface area contributed by atoms with Crippen molar-refractivity contribution in [1.82, 2.24) is 30.0 Å². The van der Waals surface area contributed by atoms with Crippen LogP contribution in [0.1, 0.15) is 64.2 Å². The number of carbonyl (C=O) groups is 1. The van der Waals surface area contributed by atoms with Gasteiger partial charge in [-0.1, -0.05) is 6.07 Å². The van der Waals surface area contributed by atoms with Crippen LogP contribution in [0.2, 0.25) is 0 Å². The minimum atomic E-state index is -2.66. The zero-order valence-corrected chi connectivity index (χ0v) is 21.4. The molecule has 202 valence electrons. The third kappa shape index (κ3) is 3.93. The molecular weight excluding hydrogens is 504 g/mol. The number of aromatic nitrogens is 4. The highest BCUT2D eigenvalue weighted by Gasteiger charge is 2.48.